The van der Waals surface area contributed by atoms with Gasteiger partial charge in [-0.1, -0.05) is 48.5 Å². The van der Waals surface area contributed by atoms with Crippen LogP contribution in [0.5, 0.6) is 11.5 Å². The third-order valence-corrected chi connectivity index (χ3v) is 4.56. The Bertz CT molecular complexity index is 774. The number of nitrogens with one attached hydrogen (secondary N) is 1. The minimum absolute atomic E-state index is 0.0233. The van der Waals surface area contributed by atoms with Gasteiger partial charge in [-0.25, -0.2) is 0 Å². The van der Waals surface area contributed by atoms with Crippen molar-refractivity contribution in [2.75, 3.05) is 39.9 Å². The number of ether oxygens (including phenoxy) is 2. The second-order valence-corrected chi connectivity index (χ2v) is 6.43. The van der Waals surface area contributed by atoms with Gasteiger partial charge in [-0.15, -0.1) is 0 Å². The van der Waals surface area contributed by atoms with E-state index in [1.54, 1.807) is 7.11 Å². The van der Waals surface area contributed by atoms with Crippen LogP contribution in [0.3, 0.4) is 0 Å². The van der Waals surface area contributed by atoms with E-state index in [0.717, 1.165) is 19.5 Å². The highest BCUT2D eigenvalue weighted by molar-refractivity contribution is 5.78. The van der Waals surface area contributed by atoms with Crippen LogP contribution >= 0.6 is 0 Å². The zero-order chi connectivity index (χ0) is 18.9. The molecule has 2 aromatic carbocycles. The molecule has 0 spiro atoms. The Balaban J connectivity index is 1.37. The Labute approximate surface area is 160 Å². The van der Waals surface area contributed by atoms with E-state index < -0.39 is 0 Å². The summed E-state index contributed by atoms with van der Waals surface area (Å²) in [5, 5.41) is 2.91. The Kier molecular flexibility index (Phi) is 6.88. The van der Waals surface area contributed by atoms with Gasteiger partial charge in [-0.2, -0.15) is 0 Å². The van der Waals surface area contributed by atoms with Crippen molar-refractivity contribution in [3.63, 3.8) is 0 Å². The van der Waals surface area contributed by atoms with Gasteiger partial charge >= 0.3 is 0 Å². The molecule has 0 saturated carbocycles. The summed E-state index contributed by atoms with van der Waals surface area (Å²) in [6, 6.07) is 17.9. The molecule has 1 aliphatic heterocycles. The molecule has 3 rings (SSSR count). The number of carbonyl (C=O) groups excluding carboxylic acids is 1. The number of benzene rings is 2. The van der Waals surface area contributed by atoms with Crippen molar-refractivity contribution >= 4 is 11.5 Å². The van der Waals surface area contributed by atoms with Gasteiger partial charge in [0.1, 0.15) is 6.61 Å². The van der Waals surface area contributed by atoms with Crippen LogP contribution in [0, 0.1) is 0 Å². The molecular formula is C22H26N2O3. The summed E-state index contributed by atoms with van der Waals surface area (Å²) in [7, 11) is 1.61. The molecule has 1 aliphatic rings. The van der Waals surface area contributed by atoms with E-state index >= 15 is 0 Å². The normalized spacial score (nSPS) is 14.3. The second kappa shape index (κ2) is 9.78. The van der Waals surface area contributed by atoms with Crippen LogP contribution < -0.4 is 14.8 Å². The average Bonchev–Trinajstić information content (AvgIpc) is 2.73. The third-order valence-electron chi connectivity index (χ3n) is 4.56. The van der Waals surface area contributed by atoms with Crippen molar-refractivity contribution in [1.29, 1.82) is 0 Å². The fourth-order valence-corrected chi connectivity index (χ4v) is 3.12. The van der Waals surface area contributed by atoms with Gasteiger partial charge in [-0.3, -0.25) is 9.69 Å². The van der Waals surface area contributed by atoms with Gasteiger partial charge in [0.15, 0.2) is 11.5 Å². The fourth-order valence-electron chi connectivity index (χ4n) is 3.12. The van der Waals surface area contributed by atoms with E-state index in [9.17, 15) is 4.79 Å². The van der Waals surface area contributed by atoms with Gasteiger partial charge in [0.2, 0.25) is 5.91 Å². The van der Waals surface area contributed by atoms with Crippen LogP contribution in [0.4, 0.5) is 0 Å². The molecule has 27 heavy (non-hydrogen) atoms. The number of hydrogen-bond donors (Lipinski definition) is 1. The molecule has 0 fully saturated rings. The van der Waals surface area contributed by atoms with Gasteiger partial charge in [-0.05, 0) is 29.7 Å². The summed E-state index contributed by atoms with van der Waals surface area (Å²) < 4.78 is 10.9. The standard InChI is InChI=1S/C22H26N2O3/c1-26-20-9-5-6-10-21(20)27-16-13-23-22(25)17-24-14-11-19(12-15-24)18-7-3-2-4-8-18/h2-11H,12-17H2,1H3,(H,23,25). The lowest BCUT2D eigenvalue weighted by Gasteiger charge is -2.25. The molecule has 1 amide bonds. The molecule has 0 unspecified atom stereocenters. The van der Waals surface area contributed by atoms with Crippen LogP contribution in [0.15, 0.2) is 60.7 Å². The summed E-state index contributed by atoms with van der Waals surface area (Å²) in [4.78, 5) is 14.3. The molecule has 2 aromatic rings. The van der Waals surface area contributed by atoms with E-state index in [2.05, 4.69) is 40.6 Å². The van der Waals surface area contributed by atoms with Gasteiger partial charge < -0.3 is 14.8 Å². The van der Waals surface area contributed by atoms with Crippen molar-refractivity contribution in [3.05, 3.63) is 66.2 Å². The summed E-state index contributed by atoms with van der Waals surface area (Å²) in [5.41, 5.74) is 2.63. The first kappa shape index (κ1) is 19.0. The van der Waals surface area contributed by atoms with Crippen molar-refractivity contribution < 1.29 is 14.3 Å². The number of amides is 1. The van der Waals surface area contributed by atoms with Crippen molar-refractivity contribution in [1.82, 2.24) is 10.2 Å². The van der Waals surface area contributed by atoms with E-state index in [0.29, 0.717) is 31.2 Å². The van der Waals surface area contributed by atoms with Crippen molar-refractivity contribution in [2.45, 2.75) is 6.42 Å². The quantitative estimate of drug-likeness (QED) is 0.730. The molecule has 0 atom stereocenters. The average molecular weight is 366 g/mol. The predicted octanol–water partition coefficient (Wildman–Crippen LogP) is 2.98. The summed E-state index contributed by atoms with van der Waals surface area (Å²) in [6.07, 6.45) is 3.19. The fraction of sp³-hybridized carbons (Fsp3) is 0.318. The van der Waals surface area contributed by atoms with E-state index in [-0.39, 0.29) is 5.91 Å². The van der Waals surface area contributed by atoms with Crippen molar-refractivity contribution in [3.8, 4) is 11.5 Å². The summed E-state index contributed by atoms with van der Waals surface area (Å²) in [6.45, 7) is 2.98. The Morgan fingerprint density at radius 2 is 1.81 bits per heavy atom. The van der Waals surface area contributed by atoms with Gasteiger partial charge in [0.25, 0.3) is 0 Å². The van der Waals surface area contributed by atoms with E-state index in [1.165, 1.54) is 11.1 Å². The highest BCUT2D eigenvalue weighted by atomic mass is 16.5. The second-order valence-electron chi connectivity index (χ2n) is 6.43. The Morgan fingerprint density at radius 3 is 2.52 bits per heavy atom. The summed E-state index contributed by atoms with van der Waals surface area (Å²) in [5.74, 6) is 1.40. The molecule has 0 radical (unpaired) electrons. The smallest absolute Gasteiger partial charge is 0.234 e. The minimum Gasteiger partial charge on any atom is -0.493 e. The maximum Gasteiger partial charge on any atom is 0.234 e. The van der Waals surface area contributed by atoms with Crippen LogP contribution in [-0.4, -0.2) is 50.7 Å². The zero-order valence-corrected chi connectivity index (χ0v) is 15.7. The molecule has 0 bridgehead atoms. The minimum atomic E-state index is 0.0233. The molecule has 1 N–H and O–H groups in total. The first-order valence-electron chi connectivity index (χ1n) is 9.25. The lowest BCUT2D eigenvalue weighted by molar-refractivity contribution is -0.122. The highest BCUT2D eigenvalue weighted by Crippen LogP contribution is 2.25. The number of para-hydroxylation sites is 2. The zero-order valence-electron chi connectivity index (χ0n) is 15.7. The Morgan fingerprint density at radius 1 is 1.07 bits per heavy atom. The van der Waals surface area contributed by atoms with Gasteiger partial charge in [0, 0.05) is 13.1 Å². The lowest BCUT2D eigenvalue weighted by Crippen LogP contribution is -2.40. The van der Waals surface area contributed by atoms with Crippen LogP contribution in [-0.2, 0) is 4.79 Å². The van der Waals surface area contributed by atoms with E-state index in [1.807, 2.05) is 30.3 Å². The maximum absolute atomic E-state index is 12.1. The summed E-state index contributed by atoms with van der Waals surface area (Å²) >= 11 is 0. The molecule has 142 valence electrons. The highest BCUT2D eigenvalue weighted by Gasteiger charge is 2.15. The number of methoxy groups -OCH3 is 1. The molecule has 5 heteroatoms. The molecule has 0 aromatic heterocycles. The molecule has 0 aliphatic carbocycles. The van der Waals surface area contributed by atoms with Crippen LogP contribution in [0.1, 0.15) is 12.0 Å². The molecule has 5 nitrogen and oxygen atoms in total. The topological polar surface area (TPSA) is 50.8 Å². The number of nitrogens with zero attached hydrogens (tertiary/aromatic N) is 1. The Hall–Kier alpha value is -2.79. The maximum atomic E-state index is 12.1. The first-order valence-corrected chi connectivity index (χ1v) is 9.25. The molecule has 1 heterocycles. The lowest BCUT2D eigenvalue weighted by atomic mass is 10.00. The SMILES string of the molecule is COc1ccccc1OCCNC(=O)CN1CC=C(c2ccccc2)CC1. The van der Waals surface area contributed by atoms with Gasteiger partial charge in [0.05, 0.1) is 20.2 Å². The van der Waals surface area contributed by atoms with Crippen LogP contribution in [0.2, 0.25) is 0 Å². The third kappa shape index (κ3) is 5.59. The van der Waals surface area contributed by atoms with E-state index in [4.69, 9.17) is 9.47 Å². The molecular weight excluding hydrogens is 340 g/mol. The van der Waals surface area contributed by atoms with Crippen LogP contribution in [0.25, 0.3) is 5.57 Å². The first-order chi connectivity index (χ1) is 13.3. The number of carbonyl (C=O) groups is 1. The number of hydrogen-bond acceptors (Lipinski definition) is 4. The molecule has 0 saturated heterocycles. The van der Waals surface area contributed by atoms with Crippen molar-refractivity contribution in [2.24, 2.45) is 0 Å². The predicted molar refractivity (Wildman–Crippen MR) is 107 cm³/mol. The largest absolute Gasteiger partial charge is 0.493 e. The monoisotopic (exact) mass is 366 g/mol. The number of rotatable bonds is 8.